The largest absolute Gasteiger partial charge is 0.454 e. The molecule has 0 spiro atoms. The van der Waals surface area contributed by atoms with Gasteiger partial charge in [-0.05, 0) is 31.4 Å². The highest BCUT2D eigenvalue weighted by atomic mass is 16.5. The van der Waals surface area contributed by atoms with Crippen molar-refractivity contribution in [2.75, 3.05) is 13.2 Å². The Morgan fingerprint density at radius 2 is 1.60 bits per heavy atom. The predicted octanol–water partition coefficient (Wildman–Crippen LogP) is 0.881. The number of imide groups is 1. The Labute approximate surface area is 175 Å². The van der Waals surface area contributed by atoms with E-state index in [-0.39, 0.29) is 17.0 Å². The SMILES string of the molecule is CCCNC(=O)[C@@H](C)NC(=O)COC(=O)[C@H](C(C)C)N1C(=O)c2ccccc2C1=O. The highest BCUT2D eigenvalue weighted by Crippen LogP contribution is 2.27. The molecule has 1 heterocycles. The van der Waals surface area contributed by atoms with Gasteiger partial charge in [0, 0.05) is 6.54 Å². The summed E-state index contributed by atoms with van der Waals surface area (Å²) >= 11 is 0. The van der Waals surface area contributed by atoms with E-state index in [1.165, 1.54) is 19.1 Å². The third-order valence-electron chi connectivity index (χ3n) is 4.64. The third-order valence-corrected chi connectivity index (χ3v) is 4.64. The number of hydrogen-bond donors (Lipinski definition) is 2. The van der Waals surface area contributed by atoms with Gasteiger partial charge in [-0.2, -0.15) is 0 Å². The second-order valence-corrected chi connectivity index (χ2v) is 7.40. The number of ether oxygens (including phenoxy) is 1. The van der Waals surface area contributed by atoms with Crippen LogP contribution in [0.2, 0.25) is 0 Å². The molecule has 1 aromatic rings. The molecule has 0 aliphatic carbocycles. The van der Waals surface area contributed by atoms with Gasteiger partial charge in [0.05, 0.1) is 11.1 Å². The Balaban J connectivity index is 2.00. The van der Waals surface area contributed by atoms with Crippen molar-refractivity contribution in [3.8, 4) is 0 Å². The number of hydrogen-bond acceptors (Lipinski definition) is 6. The van der Waals surface area contributed by atoms with Crippen LogP contribution in [0, 0.1) is 5.92 Å². The van der Waals surface area contributed by atoms with E-state index in [0.717, 1.165) is 11.3 Å². The van der Waals surface area contributed by atoms with Crippen molar-refractivity contribution in [2.45, 2.75) is 46.2 Å². The van der Waals surface area contributed by atoms with Gasteiger partial charge in [-0.1, -0.05) is 32.9 Å². The standard InChI is InChI=1S/C21H27N3O6/c1-5-10-22-18(26)13(4)23-16(25)11-30-21(29)17(12(2)3)24-19(27)14-8-6-7-9-15(14)20(24)28/h6-9,12-13,17H,5,10-11H2,1-4H3,(H,22,26)(H,23,25)/t13-,17+/m1/s1. The van der Waals surface area contributed by atoms with Crippen LogP contribution in [0.5, 0.6) is 0 Å². The highest BCUT2D eigenvalue weighted by molar-refractivity contribution is 6.22. The Bertz CT molecular complexity index is 816. The fraction of sp³-hybridized carbons (Fsp3) is 0.476. The lowest BCUT2D eigenvalue weighted by molar-refractivity contribution is -0.153. The van der Waals surface area contributed by atoms with Crippen LogP contribution >= 0.6 is 0 Å². The second-order valence-electron chi connectivity index (χ2n) is 7.40. The van der Waals surface area contributed by atoms with Gasteiger partial charge < -0.3 is 15.4 Å². The molecule has 0 aromatic heterocycles. The molecule has 2 rings (SSSR count). The Kier molecular flexibility index (Phi) is 7.68. The van der Waals surface area contributed by atoms with Gasteiger partial charge >= 0.3 is 5.97 Å². The first-order chi connectivity index (χ1) is 14.2. The van der Waals surface area contributed by atoms with Crippen LogP contribution in [0.3, 0.4) is 0 Å². The number of rotatable bonds is 9. The first-order valence-electron chi connectivity index (χ1n) is 9.89. The van der Waals surface area contributed by atoms with Crippen molar-refractivity contribution in [2.24, 2.45) is 5.92 Å². The van der Waals surface area contributed by atoms with Crippen LogP contribution in [-0.2, 0) is 19.1 Å². The number of carbonyl (C=O) groups excluding carboxylic acids is 5. The molecule has 1 aliphatic heterocycles. The minimum absolute atomic E-state index is 0.227. The molecule has 162 valence electrons. The fourth-order valence-corrected chi connectivity index (χ4v) is 3.11. The normalized spacial score (nSPS) is 14.9. The third kappa shape index (κ3) is 5.03. The van der Waals surface area contributed by atoms with Gasteiger partial charge in [0.1, 0.15) is 12.1 Å². The second kappa shape index (κ2) is 10.00. The van der Waals surface area contributed by atoms with E-state index in [1.54, 1.807) is 26.0 Å². The van der Waals surface area contributed by atoms with Crippen LogP contribution in [0.15, 0.2) is 24.3 Å². The van der Waals surface area contributed by atoms with E-state index in [0.29, 0.717) is 6.54 Å². The average molecular weight is 417 g/mol. The van der Waals surface area contributed by atoms with Gasteiger partial charge in [-0.3, -0.25) is 24.1 Å². The van der Waals surface area contributed by atoms with Gasteiger partial charge in [-0.15, -0.1) is 0 Å². The van der Waals surface area contributed by atoms with Gasteiger partial charge in [0.15, 0.2) is 6.61 Å². The van der Waals surface area contributed by atoms with Crippen LogP contribution in [-0.4, -0.2) is 59.7 Å². The summed E-state index contributed by atoms with van der Waals surface area (Å²) in [4.78, 5) is 62.7. The maximum atomic E-state index is 12.7. The minimum Gasteiger partial charge on any atom is -0.454 e. The van der Waals surface area contributed by atoms with Gasteiger partial charge in [0.2, 0.25) is 5.91 Å². The van der Waals surface area contributed by atoms with Crippen molar-refractivity contribution in [1.82, 2.24) is 15.5 Å². The predicted molar refractivity (Wildman–Crippen MR) is 107 cm³/mol. The van der Waals surface area contributed by atoms with Crippen molar-refractivity contribution in [1.29, 1.82) is 0 Å². The maximum absolute atomic E-state index is 12.7. The summed E-state index contributed by atoms with van der Waals surface area (Å²) in [6.45, 7) is 6.63. The molecule has 0 fully saturated rings. The molecule has 0 bridgehead atoms. The Morgan fingerprint density at radius 3 is 2.10 bits per heavy atom. The molecule has 0 saturated heterocycles. The number of nitrogens with zero attached hydrogens (tertiary/aromatic N) is 1. The molecule has 30 heavy (non-hydrogen) atoms. The molecule has 0 saturated carbocycles. The molecule has 0 radical (unpaired) electrons. The van der Waals surface area contributed by atoms with Gasteiger partial charge in [0.25, 0.3) is 17.7 Å². The average Bonchev–Trinajstić information content (AvgIpc) is 2.95. The first kappa shape index (κ1) is 23.1. The summed E-state index contributed by atoms with van der Waals surface area (Å²) in [6.07, 6.45) is 0.762. The van der Waals surface area contributed by atoms with Crippen molar-refractivity contribution in [3.05, 3.63) is 35.4 Å². The van der Waals surface area contributed by atoms with Crippen LogP contribution in [0.1, 0.15) is 54.8 Å². The number of fused-ring (bicyclic) bond motifs is 1. The number of amides is 4. The molecule has 2 atom stereocenters. The van der Waals surface area contributed by atoms with E-state index >= 15 is 0 Å². The zero-order chi connectivity index (χ0) is 22.4. The fourth-order valence-electron chi connectivity index (χ4n) is 3.11. The maximum Gasteiger partial charge on any atom is 0.330 e. The monoisotopic (exact) mass is 417 g/mol. The lowest BCUT2D eigenvalue weighted by atomic mass is 10.0. The molecular weight excluding hydrogens is 390 g/mol. The molecule has 9 nitrogen and oxygen atoms in total. The van der Waals surface area contributed by atoms with Crippen molar-refractivity contribution in [3.63, 3.8) is 0 Å². The summed E-state index contributed by atoms with van der Waals surface area (Å²) in [6, 6.07) is 4.36. The van der Waals surface area contributed by atoms with Crippen molar-refractivity contribution >= 4 is 29.6 Å². The number of benzene rings is 1. The lowest BCUT2D eigenvalue weighted by Crippen LogP contribution is -2.50. The Hall–Kier alpha value is -3.23. The Morgan fingerprint density at radius 1 is 1.03 bits per heavy atom. The number of esters is 1. The van der Waals surface area contributed by atoms with Crippen LogP contribution in [0.4, 0.5) is 0 Å². The van der Waals surface area contributed by atoms with Crippen LogP contribution in [0.25, 0.3) is 0 Å². The molecule has 2 N–H and O–H groups in total. The van der Waals surface area contributed by atoms with E-state index in [2.05, 4.69) is 10.6 Å². The minimum atomic E-state index is -1.17. The van der Waals surface area contributed by atoms with E-state index < -0.39 is 48.3 Å². The summed E-state index contributed by atoms with van der Waals surface area (Å²) in [7, 11) is 0. The quantitative estimate of drug-likeness (QED) is 0.454. The topological polar surface area (TPSA) is 122 Å². The smallest absolute Gasteiger partial charge is 0.330 e. The van der Waals surface area contributed by atoms with E-state index in [1.807, 2.05) is 6.92 Å². The zero-order valence-electron chi connectivity index (χ0n) is 17.6. The summed E-state index contributed by atoms with van der Waals surface area (Å²) in [5, 5.41) is 5.09. The number of nitrogens with one attached hydrogen (secondary N) is 2. The molecule has 1 aromatic carbocycles. The highest BCUT2D eigenvalue weighted by Gasteiger charge is 2.44. The molecule has 1 aliphatic rings. The zero-order valence-corrected chi connectivity index (χ0v) is 17.6. The van der Waals surface area contributed by atoms with Crippen molar-refractivity contribution < 1.29 is 28.7 Å². The van der Waals surface area contributed by atoms with E-state index in [9.17, 15) is 24.0 Å². The molecule has 0 unspecified atom stereocenters. The van der Waals surface area contributed by atoms with E-state index in [4.69, 9.17) is 4.74 Å². The summed E-state index contributed by atoms with van der Waals surface area (Å²) < 4.78 is 5.07. The first-order valence-corrected chi connectivity index (χ1v) is 9.89. The van der Waals surface area contributed by atoms with Gasteiger partial charge in [-0.25, -0.2) is 4.79 Å². The molecule has 9 heteroatoms. The van der Waals surface area contributed by atoms with Crippen LogP contribution < -0.4 is 10.6 Å². The summed E-state index contributed by atoms with van der Waals surface area (Å²) in [5.41, 5.74) is 0.455. The number of carbonyl (C=O) groups is 5. The molecular formula is C21H27N3O6. The summed E-state index contributed by atoms with van der Waals surface area (Å²) in [5.74, 6) is -3.44. The lowest BCUT2D eigenvalue weighted by Gasteiger charge is -2.27. The molecule has 4 amide bonds.